The molecule has 4 aromatic rings. The zero-order chi connectivity index (χ0) is 13.7. The number of aryl methyl sites for hydroxylation is 1. The highest BCUT2D eigenvalue weighted by atomic mass is 32.1. The quantitative estimate of drug-likeness (QED) is 0.582. The lowest BCUT2D eigenvalue weighted by Gasteiger charge is -2.06. The molecule has 0 aliphatic carbocycles. The van der Waals surface area contributed by atoms with Crippen LogP contribution in [0.3, 0.4) is 0 Å². The summed E-state index contributed by atoms with van der Waals surface area (Å²) in [6.45, 7) is 1.96. The molecule has 0 aliphatic rings. The van der Waals surface area contributed by atoms with Crippen LogP contribution in [0.2, 0.25) is 0 Å². The number of benzene rings is 1. The minimum Gasteiger partial charge on any atom is -0.369 e. The number of nitrogens with zero attached hydrogens (tertiary/aromatic N) is 4. The molecule has 0 unspecified atom stereocenters. The highest BCUT2D eigenvalue weighted by molar-refractivity contribution is 7.16. The summed E-state index contributed by atoms with van der Waals surface area (Å²) in [5.41, 5.74) is 12.4. The molecule has 6 heteroatoms. The van der Waals surface area contributed by atoms with Crippen LogP contribution in [0.1, 0.15) is 5.69 Å². The maximum Gasteiger partial charge on any atom is 0.207 e. The second-order valence-corrected chi connectivity index (χ2v) is 5.49. The summed E-state index contributed by atoms with van der Waals surface area (Å²) in [5.74, 6) is 0.446. The highest BCUT2D eigenvalue weighted by Crippen LogP contribution is 2.26. The predicted molar refractivity (Wildman–Crippen MR) is 81.2 cm³/mol. The molecule has 1 aromatic carbocycles. The van der Waals surface area contributed by atoms with Gasteiger partial charge in [-0.05, 0) is 37.3 Å². The number of nitrogens with two attached hydrogens (primary N) is 1. The van der Waals surface area contributed by atoms with Crippen LogP contribution in [0.15, 0.2) is 35.8 Å². The van der Waals surface area contributed by atoms with Gasteiger partial charge in [0, 0.05) is 5.69 Å². The average molecular weight is 281 g/mol. The zero-order valence-electron chi connectivity index (χ0n) is 10.7. The third kappa shape index (κ3) is 1.58. The number of rotatable bonds is 1. The van der Waals surface area contributed by atoms with E-state index in [0.29, 0.717) is 5.95 Å². The maximum atomic E-state index is 6.05. The van der Waals surface area contributed by atoms with E-state index in [-0.39, 0.29) is 0 Å². The number of aromatic nitrogens is 4. The standard InChI is InChI=1S/C14H11N5S/c1-8-2-4-11-13(17-8)19(14(15)18-11)9-3-5-10-12(6-9)20-7-16-10/h2-7H,1H3,(H2,15,18). The summed E-state index contributed by atoms with van der Waals surface area (Å²) in [5, 5.41) is 0. The summed E-state index contributed by atoms with van der Waals surface area (Å²) >= 11 is 1.61. The molecule has 4 rings (SSSR count). The van der Waals surface area contributed by atoms with Crippen molar-refractivity contribution in [1.82, 2.24) is 19.5 Å². The molecule has 0 aliphatic heterocycles. The van der Waals surface area contributed by atoms with Crippen LogP contribution < -0.4 is 5.73 Å². The van der Waals surface area contributed by atoms with Crippen LogP contribution in [0.5, 0.6) is 0 Å². The SMILES string of the molecule is Cc1ccc2nc(N)n(-c3ccc4ncsc4c3)c2n1. The molecule has 0 bridgehead atoms. The van der Waals surface area contributed by atoms with E-state index in [2.05, 4.69) is 21.0 Å². The van der Waals surface area contributed by atoms with Crippen LogP contribution in [0.25, 0.3) is 27.1 Å². The first-order valence-corrected chi connectivity index (χ1v) is 7.05. The summed E-state index contributed by atoms with van der Waals surface area (Å²) in [6.07, 6.45) is 0. The van der Waals surface area contributed by atoms with E-state index >= 15 is 0 Å². The minimum absolute atomic E-state index is 0.446. The summed E-state index contributed by atoms with van der Waals surface area (Å²) in [6, 6.07) is 9.92. The van der Waals surface area contributed by atoms with Crippen molar-refractivity contribution in [3.8, 4) is 5.69 Å². The van der Waals surface area contributed by atoms with Crippen LogP contribution in [-0.4, -0.2) is 19.5 Å². The Morgan fingerprint density at radius 2 is 1.95 bits per heavy atom. The lowest BCUT2D eigenvalue weighted by atomic mass is 10.3. The second kappa shape index (κ2) is 4.01. The number of thiazole rings is 1. The lowest BCUT2D eigenvalue weighted by Crippen LogP contribution is -2.01. The molecule has 0 radical (unpaired) electrons. The largest absolute Gasteiger partial charge is 0.369 e. The zero-order valence-corrected chi connectivity index (χ0v) is 11.6. The fourth-order valence-electron chi connectivity index (χ4n) is 2.31. The van der Waals surface area contributed by atoms with E-state index in [0.717, 1.165) is 32.8 Å². The molecule has 0 fully saturated rings. The van der Waals surface area contributed by atoms with E-state index in [1.807, 2.05) is 41.3 Å². The highest BCUT2D eigenvalue weighted by Gasteiger charge is 2.12. The number of hydrogen-bond donors (Lipinski definition) is 1. The minimum atomic E-state index is 0.446. The number of pyridine rings is 1. The first-order valence-electron chi connectivity index (χ1n) is 6.17. The lowest BCUT2D eigenvalue weighted by molar-refractivity contribution is 1.07. The van der Waals surface area contributed by atoms with Crippen molar-refractivity contribution in [2.75, 3.05) is 5.73 Å². The van der Waals surface area contributed by atoms with Gasteiger partial charge in [-0.15, -0.1) is 11.3 Å². The number of imidazole rings is 1. The topological polar surface area (TPSA) is 69.6 Å². The van der Waals surface area contributed by atoms with Crippen molar-refractivity contribution in [2.24, 2.45) is 0 Å². The van der Waals surface area contributed by atoms with Crippen molar-refractivity contribution in [1.29, 1.82) is 0 Å². The second-order valence-electron chi connectivity index (χ2n) is 4.61. The monoisotopic (exact) mass is 281 g/mol. The van der Waals surface area contributed by atoms with E-state index in [9.17, 15) is 0 Å². The molecule has 0 amide bonds. The molecule has 20 heavy (non-hydrogen) atoms. The molecule has 3 heterocycles. The van der Waals surface area contributed by atoms with Gasteiger partial charge in [0.25, 0.3) is 0 Å². The molecular formula is C14H11N5S. The molecule has 3 aromatic heterocycles. The third-order valence-corrected chi connectivity index (χ3v) is 4.03. The number of anilines is 1. The molecule has 0 saturated carbocycles. The predicted octanol–water partition coefficient (Wildman–Crippen LogP) is 2.92. The van der Waals surface area contributed by atoms with E-state index < -0.39 is 0 Å². The smallest absolute Gasteiger partial charge is 0.207 e. The fourth-order valence-corrected chi connectivity index (χ4v) is 3.02. The Morgan fingerprint density at radius 1 is 1.10 bits per heavy atom. The van der Waals surface area contributed by atoms with E-state index in [4.69, 9.17) is 5.73 Å². The van der Waals surface area contributed by atoms with Crippen molar-refractivity contribution in [3.63, 3.8) is 0 Å². The van der Waals surface area contributed by atoms with Gasteiger partial charge in [-0.25, -0.2) is 15.0 Å². The van der Waals surface area contributed by atoms with Crippen LogP contribution in [-0.2, 0) is 0 Å². The van der Waals surface area contributed by atoms with Gasteiger partial charge in [-0.2, -0.15) is 0 Å². The van der Waals surface area contributed by atoms with Gasteiger partial charge in [0.15, 0.2) is 5.65 Å². The molecule has 0 saturated heterocycles. The van der Waals surface area contributed by atoms with Gasteiger partial charge in [0.2, 0.25) is 5.95 Å². The van der Waals surface area contributed by atoms with Gasteiger partial charge in [-0.3, -0.25) is 4.57 Å². The maximum absolute atomic E-state index is 6.05. The third-order valence-electron chi connectivity index (χ3n) is 3.24. The van der Waals surface area contributed by atoms with Crippen molar-refractivity contribution >= 4 is 38.7 Å². The van der Waals surface area contributed by atoms with Crippen LogP contribution in [0, 0.1) is 6.92 Å². The summed E-state index contributed by atoms with van der Waals surface area (Å²) in [7, 11) is 0. The first-order chi connectivity index (χ1) is 9.72. The van der Waals surface area contributed by atoms with Crippen LogP contribution in [0.4, 0.5) is 5.95 Å². The Kier molecular flexibility index (Phi) is 2.28. The molecule has 0 spiro atoms. The Labute approximate surface area is 118 Å². The Balaban J connectivity index is 2.05. The average Bonchev–Trinajstić information content (AvgIpc) is 3.00. The molecule has 98 valence electrons. The van der Waals surface area contributed by atoms with E-state index in [1.165, 1.54) is 0 Å². The molecule has 0 atom stereocenters. The number of fused-ring (bicyclic) bond motifs is 2. The Bertz CT molecular complexity index is 937. The summed E-state index contributed by atoms with van der Waals surface area (Å²) in [4.78, 5) is 13.2. The molecular weight excluding hydrogens is 270 g/mol. The fraction of sp³-hybridized carbons (Fsp3) is 0.0714. The Morgan fingerprint density at radius 3 is 2.85 bits per heavy atom. The van der Waals surface area contributed by atoms with Gasteiger partial charge < -0.3 is 5.73 Å². The normalized spacial score (nSPS) is 11.4. The molecule has 5 nitrogen and oxygen atoms in total. The van der Waals surface area contributed by atoms with E-state index in [1.54, 1.807) is 11.3 Å². The first kappa shape index (κ1) is 11.4. The number of hydrogen-bond acceptors (Lipinski definition) is 5. The number of nitrogen functional groups attached to an aromatic ring is 1. The van der Waals surface area contributed by atoms with Crippen molar-refractivity contribution in [2.45, 2.75) is 6.92 Å². The van der Waals surface area contributed by atoms with Gasteiger partial charge in [0.05, 0.1) is 21.4 Å². The van der Waals surface area contributed by atoms with Gasteiger partial charge in [-0.1, -0.05) is 0 Å². The van der Waals surface area contributed by atoms with Crippen molar-refractivity contribution < 1.29 is 0 Å². The van der Waals surface area contributed by atoms with Crippen molar-refractivity contribution in [3.05, 3.63) is 41.5 Å². The summed E-state index contributed by atoms with van der Waals surface area (Å²) < 4.78 is 3.00. The van der Waals surface area contributed by atoms with Gasteiger partial charge >= 0.3 is 0 Å². The van der Waals surface area contributed by atoms with Crippen LogP contribution >= 0.6 is 11.3 Å². The Hall–Kier alpha value is -2.47. The molecule has 2 N–H and O–H groups in total. The van der Waals surface area contributed by atoms with Gasteiger partial charge in [0.1, 0.15) is 5.52 Å².